The molecular weight excluding hydrogens is 216 g/mol. The minimum Gasteiger partial charge on any atom is -0.393 e. The molecular formula is C14H24O3. The number of carbonyl (C=O) groups is 1. The molecule has 0 aromatic heterocycles. The number of allylic oxidation sites excluding steroid dienone is 2. The van der Waals surface area contributed by atoms with Crippen molar-refractivity contribution in [3.63, 3.8) is 0 Å². The Morgan fingerprint density at radius 3 is 2.53 bits per heavy atom. The molecule has 3 nitrogen and oxygen atoms in total. The van der Waals surface area contributed by atoms with Crippen LogP contribution in [-0.4, -0.2) is 28.2 Å². The van der Waals surface area contributed by atoms with Gasteiger partial charge in [-0.3, -0.25) is 4.79 Å². The summed E-state index contributed by atoms with van der Waals surface area (Å²) in [7, 11) is 0. The summed E-state index contributed by atoms with van der Waals surface area (Å²) in [5.74, 6) is -0.283. The highest BCUT2D eigenvalue weighted by Gasteiger charge is 2.38. The van der Waals surface area contributed by atoms with Crippen LogP contribution in [-0.2, 0) is 4.79 Å². The van der Waals surface area contributed by atoms with Crippen molar-refractivity contribution in [1.29, 1.82) is 0 Å². The second-order valence-electron chi connectivity index (χ2n) is 5.06. The number of carbonyl (C=O) groups excluding carboxylic acids is 1. The molecule has 98 valence electrons. The van der Waals surface area contributed by atoms with Gasteiger partial charge >= 0.3 is 0 Å². The third-order valence-electron chi connectivity index (χ3n) is 3.63. The van der Waals surface area contributed by atoms with Crippen LogP contribution in [0.3, 0.4) is 0 Å². The van der Waals surface area contributed by atoms with Crippen LogP contribution >= 0.6 is 0 Å². The van der Waals surface area contributed by atoms with Crippen LogP contribution in [0.25, 0.3) is 0 Å². The molecule has 0 radical (unpaired) electrons. The van der Waals surface area contributed by atoms with Crippen LogP contribution < -0.4 is 0 Å². The van der Waals surface area contributed by atoms with Gasteiger partial charge in [0.05, 0.1) is 18.1 Å². The van der Waals surface area contributed by atoms with Crippen molar-refractivity contribution in [2.24, 2.45) is 11.8 Å². The molecule has 1 aliphatic rings. The summed E-state index contributed by atoms with van der Waals surface area (Å²) in [5, 5.41) is 19.8. The number of aliphatic hydroxyl groups excluding tert-OH is 2. The van der Waals surface area contributed by atoms with Crippen molar-refractivity contribution in [3.05, 3.63) is 11.6 Å². The summed E-state index contributed by atoms with van der Waals surface area (Å²) in [6.07, 6.45) is 3.74. The number of hydrogen-bond donors (Lipinski definition) is 2. The summed E-state index contributed by atoms with van der Waals surface area (Å²) < 4.78 is 0. The van der Waals surface area contributed by atoms with E-state index in [9.17, 15) is 15.0 Å². The zero-order valence-electron chi connectivity index (χ0n) is 11.0. The van der Waals surface area contributed by atoms with Crippen LogP contribution in [0, 0.1) is 11.8 Å². The second-order valence-corrected chi connectivity index (χ2v) is 5.06. The topological polar surface area (TPSA) is 57.5 Å². The normalized spacial score (nSPS) is 28.1. The molecule has 0 aromatic rings. The molecule has 0 bridgehead atoms. The van der Waals surface area contributed by atoms with Crippen molar-refractivity contribution in [3.8, 4) is 0 Å². The van der Waals surface area contributed by atoms with Crippen molar-refractivity contribution < 1.29 is 15.0 Å². The fourth-order valence-electron chi connectivity index (χ4n) is 2.60. The van der Waals surface area contributed by atoms with E-state index < -0.39 is 6.10 Å². The lowest BCUT2D eigenvalue weighted by atomic mass is 9.83. The molecule has 0 heterocycles. The molecule has 2 N–H and O–H groups in total. The summed E-state index contributed by atoms with van der Waals surface area (Å²) in [6, 6.07) is 0. The minimum absolute atomic E-state index is 0.000926. The van der Waals surface area contributed by atoms with E-state index in [1.165, 1.54) is 0 Å². The summed E-state index contributed by atoms with van der Waals surface area (Å²) in [4.78, 5) is 12.0. The van der Waals surface area contributed by atoms with E-state index in [0.717, 1.165) is 12.0 Å². The van der Waals surface area contributed by atoms with Crippen LogP contribution in [0.2, 0.25) is 0 Å². The maximum absolute atomic E-state index is 12.0. The molecule has 3 heteroatoms. The Labute approximate surface area is 104 Å². The number of hydrogen-bond acceptors (Lipinski definition) is 3. The summed E-state index contributed by atoms with van der Waals surface area (Å²) in [5.41, 5.74) is 0.735. The van der Waals surface area contributed by atoms with Gasteiger partial charge in [-0.2, -0.15) is 0 Å². The summed E-state index contributed by atoms with van der Waals surface area (Å²) in [6.45, 7) is 5.72. The summed E-state index contributed by atoms with van der Waals surface area (Å²) >= 11 is 0. The molecule has 0 aromatic carbocycles. The minimum atomic E-state index is -0.574. The Morgan fingerprint density at radius 1 is 1.35 bits per heavy atom. The van der Waals surface area contributed by atoms with Gasteiger partial charge in [-0.15, -0.1) is 0 Å². The van der Waals surface area contributed by atoms with Gasteiger partial charge in [0.15, 0.2) is 5.78 Å². The Bertz CT molecular complexity index is 296. The zero-order valence-corrected chi connectivity index (χ0v) is 11.0. The van der Waals surface area contributed by atoms with Gasteiger partial charge in [0.1, 0.15) is 0 Å². The standard InChI is InChI=1S/C14H24O3/c1-4-6-12(16)13-10(8-11(15)5-2)7-9(3)14(13)17/h7,10-13,15-16H,4-6,8H2,1-3H3/t10-,11-,12-,13-/m0/s1. The Kier molecular flexibility index (Phi) is 5.34. The van der Waals surface area contributed by atoms with Crippen molar-refractivity contribution in [2.75, 3.05) is 0 Å². The predicted octanol–water partition coefficient (Wildman–Crippen LogP) is 2.07. The SMILES string of the molecule is CCC[C@H](O)[C@H]1C(=O)C(C)=C[C@H]1C[C@@H](O)CC. The molecule has 0 amide bonds. The van der Waals surface area contributed by atoms with Crippen LogP contribution in [0.4, 0.5) is 0 Å². The van der Waals surface area contributed by atoms with Crippen LogP contribution in [0.1, 0.15) is 46.5 Å². The van der Waals surface area contributed by atoms with E-state index >= 15 is 0 Å². The van der Waals surface area contributed by atoms with Gasteiger partial charge in [-0.25, -0.2) is 0 Å². The highest BCUT2D eigenvalue weighted by atomic mass is 16.3. The predicted molar refractivity (Wildman–Crippen MR) is 67.6 cm³/mol. The van der Waals surface area contributed by atoms with Gasteiger partial charge < -0.3 is 10.2 Å². The van der Waals surface area contributed by atoms with E-state index in [0.29, 0.717) is 19.3 Å². The smallest absolute Gasteiger partial charge is 0.164 e. The van der Waals surface area contributed by atoms with Gasteiger partial charge in [0.2, 0.25) is 0 Å². The first-order valence-electron chi connectivity index (χ1n) is 6.60. The average Bonchev–Trinajstić information content (AvgIpc) is 2.54. The highest BCUT2D eigenvalue weighted by Crippen LogP contribution is 2.34. The molecule has 0 fully saturated rings. The van der Waals surface area contributed by atoms with Crippen LogP contribution in [0.5, 0.6) is 0 Å². The number of rotatable bonds is 6. The average molecular weight is 240 g/mol. The largest absolute Gasteiger partial charge is 0.393 e. The first-order chi connectivity index (χ1) is 8.01. The molecule has 17 heavy (non-hydrogen) atoms. The Morgan fingerprint density at radius 2 is 2.00 bits per heavy atom. The second kappa shape index (κ2) is 6.31. The number of ketones is 1. The van der Waals surface area contributed by atoms with E-state index in [1.54, 1.807) is 6.92 Å². The lowest BCUT2D eigenvalue weighted by Crippen LogP contribution is -2.32. The third kappa shape index (κ3) is 3.39. The molecule has 1 rings (SSSR count). The first kappa shape index (κ1) is 14.4. The van der Waals surface area contributed by atoms with E-state index in [2.05, 4.69) is 0 Å². The molecule has 0 aliphatic heterocycles. The molecule has 1 aliphatic carbocycles. The lowest BCUT2D eigenvalue weighted by molar-refractivity contribution is -0.123. The Balaban J connectivity index is 2.74. The van der Waals surface area contributed by atoms with Crippen LogP contribution in [0.15, 0.2) is 11.6 Å². The van der Waals surface area contributed by atoms with Gasteiger partial charge in [0.25, 0.3) is 0 Å². The number of Topliss-reactive ketones (excluding diaryl/α,β-unsaturated/α-hetero) is 1. The van der Waals surface area contributed by atoms with Crippen molar-refractivity contribution >= 4 is 5.78 Å². The fourth-order valence-corrected chi connectivity index (χ4v) is 2.60. The molecule has 0 saturated heterocycles. The maximum atomic E-state index is 12.0. The number of aliphatic hydroxyl groups is 2. The van der Waals surface area contributed by atoms with Gasteiger partial charge in [-0.1, -0.05) is 26.3 Å². The van der Waals surface area contributed by atoms with E-state index in [1.807, 2.05) is 19.9 Å². The quantitative estimate of drug-likeness (QED) is 0.747. The van der Waals surface area contributed by atoms with Gasteiger partial charge in [-0.05, 0) is 37.7 Å². The van der Waals surface area contributed by atoms with Gasteiger partial charge in [0, 0.05) is 0 Å². The monoisotopic (exact) mass is 240 g/mol. The molecule has 0 saturated carbocycles. The third-order valence-corrected chi connectivity index (χ3v) is 3.63. The lowest BCUT2D eigenvalue weighted by Gasteiger charge is -2.24. The van der Waals surface area contributed by atoms with Crippen molar-refractivity contribution in [1.82, 2.24) is 0 Å². The van der Waals surface area contributed by atoms with E-state index in [-0.39, 0.29) is 23.7 Å². The molecule has 0 spiro atoms. The molecule has 4 atom stereocenters. The highest BCUT2D eigenvalue weighted by molar-refractivity contribution is 5.99. The maximum Gasteiger partial charge on any atom is 0.164 e. The first-order valence-corrected chi connectivity index (χ1v) is 6.60. The zero-order chi connectivity index (χ0) is 13.0. The molecule has 0 unspecified atom stereocenters. The van der Waals surface area contributed by atoms with E-state index in [4.69, 9.17) is 0 Å². The Hall–Kier alpha value is -0.670. The van der Waals surface area contributed by atoms with Crippen molar-refractivity contribution in [2.45, 2.75) is 58.7 Å². The fraction of sp³-hybridized carbons (Fsp3) is 0.786.